The summed E-state index contributed by atoms with van der Waals surface area (Å²) in [6, 6.07) is 16.8. The number of ether oxygens (including phenoxy) is 2. The van der Waals surface area contributed by atoms with E-state index in [-0.39, 0.29) is 0 Å². The fraction of sp³-hybridized carbons (Fsp3) is 0.300. The summed E-state index contributed by atoms with van der Waals surface area (Å²) < 4.78 is 11.5. The third-order valence-electron chi connectivity index (χ3n) is 6.95. The van der Waals surface area contributed by atoms with Crippen LogP contribution in [0.2, 0.25) is 5.02 Å². The van der Waals surface area contributed by atoms with Gasteiger partial charge in [-0.2, -0.15) is 5.26 Å². The lowest BCUT2D eigenvalue weighted by molar-refractivity contribution is -0.139. The van der Waals surface area contributed by atoms with Crippen LogP contribution < -0.4 is 9.64 Å². The van der Waals surface area contributed by atoms with E-state index < -0.39 is 12.0 Å². The van der Waals surface area contributed by atoms with E-state index in [2.05, 4.69) is 11.1 Å². The molecule has 2 aromatic carbocycles. The topological polar surface area (TPSA) is 95.7 Å². The molecule has 3 heterocycles. The van der Waals surface area contributed by atoms with Crippen molar-refractivity contribution in [2.75, 3.05) is 31.3 Å². The maximum absolute atomic E-state index is 12.0. The highest BCUT2D eigenvalue weighted by atomic mass is 35.5. The molecule has 0 radical (unpaired) electrons. The van der Waals surface area contributed by atoms with Crippen LogP contribution in [0.5, 0.6) is 5.75 Å². The Morgan fingerprint density at radius 2 is 2.03 bits per heavy atom. The zero-order chi connectivity index (χ0) is 26.5. The second-order valence-corrected chi connectivity index (χ2v) is 9.94. The number of piperidine rings is 1. The Bertz CT molecular complexity index is 1380. The predicted octanol–water partition coefficient (Wildman–Crippen LogP) is 5.91. The highest BCUT2D eigenvalue weighted by molar-refractivity contribution is 6.32. The zero-order valence-corrected chi connectivity index (χ0v) is 21.6. The monoisotopic (exact) mass is 529 g/mol. The first-order chi connectivity index (χ1) is 18.5. The minimum atomic E-state index is -0.850. The summed E-state index contributed by atoms with van der Waals surface area (Å²) in [5.74, 6) is 0.0365. The van der Waals surface area contributed by atoms with Gasteiger partial charge < -0.3 is 19.5 Å². The summed E-state index contributed by atoms with van der Waals surface area (Å²) >= 11 is 6.73. The number of hydrogen-bond acceptors (Lipinski definition) is 6. The number of aromatic nitrogens is 1. The van der Waals surface area contributed by atoms with Gasteiger partial charge in [-0.15, -0.1) is 0 Å². The van der Waals surface area contributed by atoms with Gasteiger partial charge in [0.25, 0.3) is 0 Å². The zero-order valence-electron chi connectivity index (χ0n) is 20.8. The van der Waals surface area contributed by atoms with E-state index in [0.29, 0.717) is 72.0 Å². The van der Waals surface area contributed by atoms with Gasteiger partial charge in [-0.1, -0.05) is 48.0 Å². The lowest BCUT2D eigenvalue weighted by Crippen LogP contribution is -2.45. The summed E-state index contributed by atoms with van der Waals surface area (Å²) in [4.78, 5) is 18.3. The van der Waals surface area contributed by atoms with Gasteiger partial charge in [0, 0.05) is 24.2 Å². The Balaban J connectivity index is 1.50. The van der Waals surface area contributed by atoms with Crippen molar-refractivity contribution >= 4 is 35.4 Å². The summed E-state index contributed by atoms with van der Waals surface area (Å²) in [6.45, 7) is 2.39. The van der Waals surface area contributed by atoms with E-state index in [1.807, 2.05) is 53.4 Å². The van der Waals surface area contributed by atoms with Crippen molar-refractivity contribution < 1.29 is 19.4 Å². The van der Waals surface area contributed by atoms with Crippen molar-refractivity contribution in [2.24, 2.45) is 5.92 Å². The van der Waals surface area contributed by atoms with E-state index in [1.165, 1.54) is 0 Å². The molecule has 2 fully saturated rings. The van der Waals surface area contributed by atoms with E-state index >= 15 is 0 Å². The highest BCUT2D eigenvalue weighted by Gasteiger charge is 2.31. The van der Waals surface area contributed by atoms with E-state index in [1.54, 1.807) is 18.3 Å². The Hall–Kier alpha value is -3.86. The van der Waals surface area contributed by atoms with Gasteiger partial charge in [0.1, 0.15) is 17.9 Å². The van der Waals surface area contributed by atoms with Crippen LogP contribution >= 0.6 is 11.6 Å². The molecule has 1 atom stereocenters. The van der Waals surface area contributed by atoms with Crippen LogP contribution in [0.15, 0.2) is 54.7 Å². The van der Waals surface area contributed by atoms with Crippen molar-refractivity contribution in [3.05, 3.63) is 76.6 Å². The molecule has 2 saturated heterocycles. The summed E-state index contributed by atoms with van der Waals surface area (Å²) in [6.07, 6.45) is 7.62. The summed E-state index contributed by atoms with van der Waals surface area (Å²) in [5, 5.41) is 20.2. The van der Waals surface area contributed by atoms with Gasteiger partial charge in [0.15, 0.2) is 0 Å². The van der Waals surface area contributed by atoms with Crippen LogP contribution in [-0.2, 0) is 9.53 Å². The molecule has 1 N–H and O–H groups in total. The van der Waals surface area contributed by atoms with Crippen molar-refractivity contribution in [3.63, 3.8) is 0 Å². The third-order valence-corrected chi connectivity index (χ3v) is 7.28. The number of carboxylic acid groups (broad SMARTS) is 1. The van der Waals surface area contributed by atoms with Crippen LogP contribution in [0.4, 0.5) is 5.69 Å². The molecular formula is C30H28ClN3O4. The Morgan fingerprint density at radius 1 is 1.21 bits per heavy atom. The fourth-order valence-corrected chi connectivity index (χ4v) is 5.06. The van der Waals surface area contributed by atoms with Crippen molar-refractivity contribution in [2.45, 2.75) is 25.3 Å². The van der Waals surface area contributed by atoms with Crippen LogP contribution in [0.25, 0.3) is 23.3 Å². The van der Waals surface area contributed by atoms with Gasteiger partial charge in [-0.05, 0) is 54.7 Å². The van der Waals surface area contributed by atoms with Gasteiger partial charge in [0.05, 0.1) is 41.8 Å². The molecular weight excluding hydrogens is 502 g/mol. The first-order valence-electron chi connectivity index (χ1n) is 12.7. The standard InChI is InChI=1S/C30H28ClN3O4/c31-25-15-28(34-13-5-4-8-27(34)30(35)36)29(38-19-20-17-37-18-20)14-22(25)9-10-26-24(16-32)23(11-12-33-26)21-6-2-1-3-7-21/h1-3,6-7,9-12,14-15,20,27H,4-5,8,13,17-19H2,(H,35,36)/b10-9+. The molecule has 0 aliphatic carbocycles. The minimum absolute atomic E-state index is 0.303. The van der Waals surface area contributed by atoms with Crippen LogP contribution in [-0.4, -0.2) is 48.5 Å². The number of nitriles is 1. The van der Waals surface area contributed by atoms with Gasteiger partial charge >= 0.3 is 5.97 Å². The van der Waals surface area contributed by atoms with Crippen LogP contribution in [0, 0.1) is 17.2 Å². The molecule has 0 amide bonds. The average Bonchev–Trinajstić information content (AvgIpc) is 2.92. The number of halogens is 1. The van der Waals surface area contributed by atoms with Gasteiger partial charge in [-0.25, -0.2) is 4.79 Å². The number of carbonyl (C=O) groups is 1. The molecule has 2 aliphatic heterocycles. The molecule has 0 spiro atoms. The molecule has 8 heteroatoms. The largest absolute Gasteiger partial charge is 0.491 e. The quantitative estimate of drug-likeness (QED) is 0.387. The van der Waals surface area contributed by atoms with Crippen LogP contribution in [0.3, 0.4) is 0 Å². The molecule has 0 bridgehead atoms. The smallest absolute Gasteiger partial charge is 0.326 e. The van der Waals surface area contributed by atoms with E-state index in [0.717, 1.165) is 24.0 Å². The second-order valence-electron chi connectivity index (χ2n) is 9.53. The molecule has 5 rings (SSSR count). The predicted molar refractivity (Wildman–Crippen MR) is 147 cm³/mol. The maximum Gasteiger partial charge on any atom is 0.326 e. The number of hydrogen-bond donors (Lipinski definition) is 1. The van der Waals surface area contributed by atoms with E-state index in [4.69, 9.17) is 21.1 Å². The Morgan fingerprint density at radius 3 is 2.74 bits per heavy atom. The van der Waals surface area contributed by atoms with Crippen molar-refractivity contribution in [1.82, 2.24) is 4.98 Å². The Kier molecular flexibility index (Phi) is 7.92. The third kappa shape index (κ3) is 5.52. The number of rotatable bonds is 8. The molecule has 194 valence electrons. The number of aliphatic carboxylic acids is 1. The lowest BCUT2D eigenvalue weighted by Gasteiger charge is -2.36. The van der Waals surface area contributed by atoms with E-state index in [9.17, 15) is 15.2 Å². The number of nitrogens with zero attached hydrogens (tertiary/aromatic N) is 3. The normalized spacial score (nSPS) is 17.7. The minimum Gasteiger partial charge on any atom is -0.491 e. The molecule has 38 heavy (non-hydrogen) atoms. The van der Waals surface area contributed by atoms with Crippen LogP contribution in [0.1, 0.15) is 36.1 Å². The number of anilines is 1. The molecule has 1 aromatic heterocycles. The second kappa shape index (κ2) is 11.7. The molecule has 7 nitrogen and oxygen atoms in total. The first kappa shape index (κ1) is 25.8. The molecule has 3 aromatic rings. The maximum atomic E-state index is 12.0. The number of benzene rings is 2. The molecule has 0 saturated carbocycles. The average molecular weight is 530 g/mol. The van der Waals surface area contributed by atoms with Gasteiger partial charge in [-0.3, -0.25) is 4.98 Å². The molecule has 2 aliphatic rings. The number of pyridine rings is 1. The number of carboxylic acids is 1. The van der Waals surface area contributed by atoms with Crippen molar-refractivity contribution in [3.8, 4) is 22.9 Å². The summed E-state index contributed by atoms with van der Waals surface area (Å²) in [5.41, 5.74) is 4.12. The lowest BCUT2D eigenvalue weighted by atomic mass is 9.99. The highest BCUT2D eigenvalue weighted by Crippen LogP contribution is 2.39. The fourth-order valence-electron chi connectivity index (χ4n) is 4.84. The SMILES string of the molecule is N#Cc1c(-c2ccccc2)ccnc1/C=C/c1cc(OCC2COC2)c(N2CCCCC2C(=O)O)cc1Cl. The molecule has 1 unspecified atom stereocenters. The summed E-state index contributed by atoms with van der Waals surface area (Å²) in [7, 11) is 0. The van der Waals surface area contributed by atoms with Gasteiger partial charge in [0.2, 0.25) is 0 Å². The Labute approximate surface area is 226 Å². The first-order valence-corrected chi connectivity index (χ1v) is 13.1. The van der Waals surface area contributed by atoms with Crippen molar-refractivity contribution in [1.29, 1.82) is 5.26 Å².